The lowest BCUT2D eigenvalue weighted by Gasteiger charge is -2.42. The highest BCUT2D eigenvalue weighted by Gasteiger charge is 2.37. The summed E-state index contributed by atoms with van der Waals surface area (Å²) in [5.74, 6) is 0.0306. The van der Waals surface area contributed by atoms with Gasteiger partial charge >= 0.3 is 5.97 Å². The van der Waals surface area contributed by atoms with Crippen molar-refractivity contribution >= 4 is 18.1 Å². The van der Waals surface area contributed by atoms with Gasteiger partial charge in [0.1, 0.15) is 5.75 Å². The number of carboxylic acids is 1. The van der Waals surface area contributed by atoms with Crippen molar-refractivity contribution < 1.29 is 14.6 Å². The Kier molecular flexibility index (Phi) is 6.40. The predicted molar refractivity (Wildman–Crippen MR) is 124 cm³/mol. The Bertz CT molecular complexity index is 933. The van der Waals surface area contributed by atoms with Crippen LogP contribution in [0.15, 0.2) is 36.4 Å². The van der Waals surface area contributed by atoms with E-state index in [1.165, 1.54) is 24.0 Å². The van der Waals surface area contributed by atoms with Crippen LogP contribution in [-0.4, -0.2) is 17.7 Å². The monoisotopic (exact) mass is 406 g/mol. The van der Waals surface area contributed by atoms with E-state index >= 15 is 0 Å². The highest BCUT2D eigenvalue weighted by atomic mass is 16.5. The Balaban J connectivity index is 2.01. The summed E-state index contributed by atoms with van der Waals surface area (Å²) < 4.78 is 6.22. The van der Waals surface area contributed by atoms with Gasteiger partial charge in [0.15, 0.2) is 0 Å². The number of unbranched alkanes of at least 4 members (excludes halogenated alkanes) is 1. The van der Waals surface area contributed by atoms with E-state index in [9.17, 15) is 4.79 Å². The second-order valence-corrected chi connectivity index (χ2v) is 9.67. The van der Waals surface area contributed by atoms with E-state index in [0.29, 0.717) is 12.2 Å². The summed E-state index contributed by atoms with van der Waals surface area (Å²) >= 11 is 0. The molecule has 0 unspecified atom stereocenters. The summed E-state index contributed by atoms with van der Waals surface area (Å²) in [6.07, 6.45) is 8.60. The van der Waals surface area contributed by atoms with Crippen molar-refractivity contribution in [1.82, 2.24) is 0 Å². The zero-order valence-electron chi connectivity index (χ0n) is 18.9. The van der Waals surface area contributed by atoms with Crippen LogP contribution in [0.4, 0.5) is 0 Å². The van der Waals surface area contributed by atoms with E-state index in [4.69, 9.17) is 9.84 Å². The fourth-order valence-electron chi connectivity index (χ4n) is 4.12. The molecule has 0 aromatic heterocycles. The van der Waals surface area contributed by atoms with Crippen LogP contribution in [0.2, 0.25) is 0 Å². The third kappa shape index (κ3) is 4.77. The van der Waals surface area contributed by atoms with Gasteiger partial charge in [-0.1, -0.05) is 65.3 Å². The van der Waals surface area contributed by atoms with Gasteiger partial charge < -0.3 is 9.84 Å². The van der Waals surface area contributed by atoms with Gasteiger partial charge in [-0.25, -0.2) is 4.79 Å². The first-order chi connectivity index (χ1) is 14.1. The molecule has 0 amide bonds. The minimum absolute atomic E-state index is 0.137. The molecule has 30 heavy (non-hydrogen) atoms. The molecule has 0 spiro atoms. The van der Waals surface area contributed by atoms with Crippen molar-refractivity contribution in [2.45, 2.75) is 71.1 Å². The fourth-order valence-corrected chi connectivity index (χ4v) is 4.12. The van der Waals surface area contributed by atoms with E-state index in [0.717, 1.165) is 29.7 Å². The number of hydrogen-bond acceptors (Lipinski definition) is 2. The first-order valence-electron chi connectivity index (χ1n) is 11.0. The van der Waals surface area contributed by atoms with Crippen molar-refractivity contribution in [2.24, 2.45) is 0 Å². The Morgan fingerprint density at radius 2 is 1.60 bits per heavy atom. The number of carboxylic acid groups (broad SMARTS) is 1. The summed E-state index contributed by atoms with van der Waals surface area (Å²) in [5.41, 5.74) is 5.43. The average Bonchev–Trinajstić information content (AvgIpc) is 2.70. The lowest BCUT2D eigenvalue weighted by atomic mass is 9.63. The predicted octanol–water partition coefficient (Wildman–Crippen LogP) is 7.08. The molecule has 2 aromatic rings. The van der Waals surface area contributed by atoms with Crippen LogP contribution in [0.1, 0.15) is 92.9 Å². The molecule has 0 saturated carbocycles. The second-order valence-electron chi connectivity index (χ2n) is 9.67. The van der Waals surface area contributed by atoms with Crippen LogP contribution in [-0.2, 0) is 10.8 Å². The van der Waals surface area contributed by atoms with Crippen LogP contribution in [0.5, 0.6) is 5.75 Å². The first-order valence-corrected chi connectivity index (χ1v) is 11.0. The highest BCUT2D eigenvalue weighted by molar-refractivity contribution is 5.88. The van der Waals surface area contributed by atoms with Gasteiger partial charge in [-0.05, 0) is 71.0 Å². The maximum atomic E-state index is 11.1. The summed E-state index contributed by atoms with van der Waals surface area (Å²) in [6, 6.07) is 11.5. The van der Waals surface area contributed by atoms with E-state index in [1.807, 2.05) is 18.2 Å². The van der Waals surface area contributed by atoms with Gasteiger partial charge in [-0.2, -0.15) is 0 Å². The molecule has 0 heterocycles. The molecule has 3 rings (SSSR count). The number of aromatic carboxylic acids is 1. The van der Waals surface area contributed by atoms with Crippen LogP contribution in [0, 0.1) is 0 Å². The molecule has 0 atom stereocenters. The molecular formula is C27H34O3. The molecule has 1 N–H and O–H groups in total. The Morgan fingerprint density at radius 1 is 1.00 bits per heavy atom. The molecule has 0 fully saturated rings. The van der Waals surface area contributed by atoms with E-state index < -0.39 is 5.97 Å². The lowest BCUT2D eigenvalue weighted by molar-refractivity contribution is 0.0697. The van der Waals surface area contributed by atoms with Crippen molar-refractivity contribution in [2.75, 3.05) is 6.61 Å². The maximum absolute atomic E-state index is 11.1. The van der Waals surface area contributed by atoms with Crippen molar-refractivity contribution in [3.63, 3.8) is 0 Å². The topological polar surface area (TPSA) is 46.5 Å². The number of rotatable bonds is 7. The van der Waals surface area contributed by atoms with Gasteiger partial charge in [-0.15, -0.1) is 0 Å². The number of carbonyl (C=O) groups is 1. The molecule has 3 nitrogen and oxygen atoms in total. The van der Waals surface area contributed by atoms with Crippen LogP contribution >= 0.6 is 0 Å². The standard InChI is InChI=1S/C27H34O3/c1-6-7-16-30-24-18-23-22(26(2,3)14-15-27(23,4)5)17-21(24)13-10-19-8-11-20(12-9-19)25(28)29/h8-13,17-18H,6-7,14-16H2,1-5H3,(H,28,29). The molecule has 1 aliphatic carbocycles. The molecule has 0 radical (unpaired) electrons. The molecule has 0 saturated heterocycles. The molecular weight excluding hydrogens is 372 g/mol. The fraction of sp³-hybridized carbons (Fsp3) is 0.444. The minimum Gasteiger partial charge on any atom is -0.493 e. The average molecular weight is 407 g/mol. The minimum atomic E-state index is -0.906. The summed E-state index contributed by atoms with van der Waals surface area (Å²) in [6.45, 7) is 12.2. The molecule has 0 aliphatic heterocycles. The van der Waals surface area contributed by atoms with Gasteiger partial charge in [0, 0.05) is 5.56 Å². The number of hydrogen-bond donors (Lipinski definition) is 1. The molecule has 0 bridgehead atoms. The summed E-state index contributed by atoms with van der Waals surface area (Å²) in [4.78, 5) is 11.1. The molecule has 2 aromatic carbocycles. The number of benzene rings is 2. The summed E-state index contributed by atoms with van der Waals surface area (Å²) in [7, 11) is 0. The number of fused-ring (bicyclic) bond motifs is 1. The van der Waals surface area contributed by atoms with Crippen molar-refractivity contribution in [3.8, 4) is 5.75 Å². The Morgan fingerprint density at radius 3 is 2.17 bits per heavy atom. The van der Waals surface area contributed by atoms with Crippen LogP contribution in [0.3, 0.4) is 0 Å². The largest absolute Gasteiger partial charge is 0.493 e. The Labute approximate surface area is 180 Å². The normalized spacial score (nSPS) is 17.0. The SMILES string of the molecule is CCCCOc1cc2c(cc1C=Cc1ccc(C(=O)O)cc1)C(C)(C)CCC2(C)C. The quantitative estimate of drug-likeness (QED) is 0.394. The zero-order chi connectivity index (χ0) is 21.9. The molecule has 1 aliphatic rings. The van der Waals surface area contributed by atoms with E-state index in [-0.39, 0.29) is 10.8 Å². The van der Waals surface area contributed by atoms with E-state index in [2.05, 4.69) is 52.8 Å². The van der Waals surface area contributed by atoms with Gasteiger partial charge in [0.05, 0.1) is 12.2 Å². The second kappa shape index (κ2) is 8.67. The van der Waals surface area contributed by atoms with Gasteiger partial charge in [-0.3, -0.25) is 0 Å². The van der Waals surface area contributed by atoms with Crippen LogP contribution in [0.25, 0.3) is 12.2 Å². The smallest absolute Gasteiger partial charge is 0.335 e. The molecule has 160 valence electrons. The number of ether oxygens (including phenoxy) is 1. The van der Waals surface area contributed by atoms with E-state index in [1.54, 1.807) is 12.1 Å². The highest BCUT2D eigenvalue weighted by Crippen LogP contribution is 2.48. The van der Waals surface area contributed by atoms with Crippen LogP contribution < -0.4 is 4.74 Å². The third-order valence-electron chi connectivity index (χ3n) is 6.35. The van der Waals surface area contributed by atoms with Crippen molar-refractivity contribution in [3.05, 3.63) is 64.2 Å². The Hall–Kier alpha value is -2.55. The third-order valence-corrected chi connectivity index (χ3v) is 6.35. The lowest BCUT2D eigenvalue weighted by Crippen LogP contribution is -2.34. The first kappa shape index (κ1) is 22.1. The zero-order valence-corrected chi connectivity index (χ0v) is 18.9. The molecule has 3 heteroatoms. The van der Waals surface area contributed by atoms with Crippen molar-refractivity contribution in [1.29, 1.82) is 0 Å². The van der Waals surface area contributed by atoms with Gasteiger partial charge in [0.2, 0.25) is 0 Å². The van der Waals surface area contributed by atoms with Gasteiger partial charge in [0.25, 0.3) is 0 Å². The summed E-state index contributed by atoms with van der Waals surface area (Å²) in [5, 5.41) is 9.09. The maximum Gasteiger partial charge on any atom is 0.335 e.